The fraction of sp³-hybridized carbons (Fsp3) is 0.417. The van der Waals surface area contributed by atoms with Gasteiger partial charge in [-0.2, -0.15) is 0 Å². The van der Waals surface area contributed by atoms with Crippen LogP contribution in [0.4, 0.5) is 5.69 Å². The zero-order valence-electron chi connectivity index (χ0n) is 11.6. The second-order valence-electron chi connectivity index (χ2n) is 4.45. The number of methoxy groups -OCH3 is 1. The first-order valence-electron chi connectivity index (χ1n) is 6.05. The maximum absolute atomic E-state index is 11.5. The molecule has 0 spiro atoms. The first-order valence-corrected chi connectivity index (χ1v) is 7.67. The van der Waals surface area contributed by atoms with Crippen LogP contribution < -0.4 is 10.5 Å². The molecule has 2 atom stereocenters. The molecule has 108 valence electrons. The average Bonchev–Trinajstić information content (AvgIpc) is 2.86. The molecule has 2 unspecified atom stereocenters. The van der Waals surface area contributed by atoms with Crippen molar-refractivity contribution in [2.75, 3.05) is 19.1 Å². The van der Waals surface area contributed by atoms with Crippen LogP contribution in [0.15, 0.2) is 18.2 Å². The van der Waals surface area contributed by atoms with E-state index >= 15 is 0 Å². The van der Waals surface area contributed by atoms with Crippen molar-refractivity contribution in [3.8, 4) is 17.1 Å². The molecule has 0 aliphatic rings. The minimum Gasteiger partial charge on any atom is -0.496 e. The summed E-state index contributed by atoms with van der Waals surface area (Å²) in [5.74, 6) is 1.19. The summed E-state index contributed by atoms with van der Waals surface area (Å²) in [6.07, 6.45) is 1.66. The maximum Gasteiger partial charge on any atom is 0.185 e. The molecule has 0 aliphatic carbocycles. The van der Waals surface area contributed by atoms with Crippen molar-refractivity contribution in [3.05, 3.63) is 18.2 Å². The topological polar surface area (TPSA) is 95.9 Å². The SMILES string of the molecule is COc1ccc(N)cc1-c1nnnn1CC(C)S(C)=O. The van der Waals surface area contributed by atoms with Gasteiger partial charge in [0.25, 0.3) is 0 Å². The summed E-state index contributed by atoms with van der Waals surface area (Å²) in [4.78, 5) is 0. The van der Waals surface area contributed by atoms with Gasteiger partial charge in [0, 0.05) is 22.7 Å². The zero-order chi connectivity index (χ0) is 14.7. The highest BCUT2D eigenvalue weighted by Crippen LogP contribution is 2.30. The Morgan fingerprint density at radius 1 is 1.50 bits per heavy atom. The van der Waals surface area contributed by atoms with E-state index in [4.69, 9.17) is 10.5 Å². The van der Waals surface area contributed by atoms with Crippen molar-refractivity contribution in [3.63, 3.8) is 0 Å². The van der Waals surface area contributed by atoms with E-state index < -0.39 is 10.8 Å². The van der Waals surface area contributed by atoms with E-state index in [-0.39, 0.29) is 5.25 Å². The van der Waals surface area contributed by atoms with Gasteiger partial charge in [-0.3, -0.25) is 4.21 Å². The first-order chi connectivity index (χ1) is 9.52. The molecule has 0 radical (unpaired) electrons. The summed E-state index contributed by atoms with van der Waals surface area (Å²) < 4.78 is 18.4. The van der Waals surface area contributed by atoms with Crippen LogP contribution in [-0.2, 0) is 17.3 Å². The van der Waals surface area contributed by atoms with Crippen molar-refractivity contribution in [1.29, 1.82) is 0 Å². The third-order valence-corrected chi connectivity index (χ3v) is 4.28. The van der Waals surface area contributed by atoms with Gasteiger partial charge in [0.1, 0.15) is 5.75 Å². The minimum atomic E-state index is -0.943. The van der Waals surface area contributed by atoms with Gasteiger partial charge in [0.2, 0.25) is 0 Å². The van der Waals surface area contributed by atoms with Gasteiger partial charge < -0.3 is 10.5 Å². The highest BCUT2D eigenvalue weighted by Gasteiger charge is 2.17. The number of nitrogen functional groups attached to an aromatic ring is 1. The van der Waals surface area contributed by atoms with Gasteiger partial charge in [-0.25, -0.2) is 4.68 Å². The van der Waals surface area contributed by atoms with E-state index in [9.17, 15) is 4.21 Å². The van der Waals surface area contributed by atoms with Gasteiger partial charge in [-0.15, -0.1) is 5.10 Å². The lowest BCUT2D eigenvalue weighted by Gasteiger charge is -2.12. The zero-order valence-corrected chi connectivity index (χ0v) is 12.4. The molecule has 2 aromatic rings. The number of rotatable bonds is 5. The molecule has 2 N–H and O–H groups in total. The Morgan fingerprint density at radius 2 is 2.25 bits per heavy atom. The standard InChI is InChI=1S/C12H17N5O2S/c1-8(20(3)18)7-17-12(14-15-16-17)10-6-9(13)4-5-11(10)19-2/h4-6,8H,7,13H2,1-3H3. The lowest BCUT2D eigenvalue weighted by molar-refractivity contribution is 0.415. The largest absolute Gasteiger partial charge is 0.496 e. The number of aromatic nitrogens is 4. The quantitative estimate of drug-likeness (QED) is 0.816. The van der Waals surface area contributed by atoms with Crippen LogP contribution in [-0.4, -0.2) is 43.0 Å². The molecule has 1 aromatic heterocycles. The highest BCUT2D eigenvalue weighted by molar-refractivity contribution is 7.84. The summed E-state index contributed by atoms with van der Waals surface area (Å²) in [5, 5.41) is 11.6. The predicted octanol–water partition coefficient (Wildman–Crippen LogP) is 0.698. The number of ether oxygens (including phenoxy) is 1. The van der Waals surface area contributed by atoms with E-state index in [1.165, 1.54) is 0 Å². The molecular weight excluding hydrogens is 278 g/mol. The molecule has 2 rings (SSSR count). The third kappa shape index (κ3) is 2.96. The Balaban J connectivity index is 2.41. The van der Waals surface area contributed by atoms with Gasteiger partial charge >= 0.3 is 0 Å². The van der Waals surface area contributed by atoms with Crippen molar-refractivity contribution in [2.45, 2.75) is 18.7 Å². The fourth-order valence-corrected chi connectivity index (χ4v) is 2.12. The molecule has 7 nitrogen and oxygen atoms in total. The average molecular weight is 295 g/mol. The number of anilines is 1. The van der Waals surface area contributed by atoms with Gasteiger partial charge in [0.05, 0.1) is 24.5 Å². The normalized spacial score (nSPS) is 13.9. The maximum atomic E-state index is 11.5. The Morgan fingerprint density at radius 3 is 2.90 bits per heavy atom. The van der Waals surface area contributed by atoms with Crippen molar-refractivity contribution >= 4 is 16.5 Å². The Bertz CT molecular complexity index is 628. The number of hydrogen-bond donors (Lipinski definition) is 1. The van der Waals surface area contributed by atoms with Crippen LogP contribution in [0.3, 0.4) is 0 Å². The first kappa shape index (κ1) is 14.4. The predicted molar refractivity (Wildman–Crippen MR) is 77.7 cm³/mol. The fourth-order valence-electron chi connectivity index (χ4n) is 1.77. The van der Waals surface area contributed by atoms with E-state index in [0.29, 0.717) is 29.4 Å². The Labute approximate surface area is 119 Å². The second kappa shape index (κ2) is 6.00. The Hall–Kier alpha value is -1.96. The number of hydrogen-bond acceptors (Lipinski definition) is 6. The van der Waals surface area contributed by atoms with Crippen LogP contribution in [0.2, 0.25) is 0 Å². The van der Waals surface area contributed by atoms with Crippen molar-refractivity contribution in [2.24, 2.45) is 0 Å². The van der Waals surface area contributed by atoms with Gasteiger partial charge in [0.15, 0.2) is 5.82 Å². The molecule has 0 fully saturated rings. The van der Waals surface area contributed by atoms with Crippen LogP contribution in [0.25, 0.3) is 11.4 Å². The number of nitrogens with zero attached hydrogens (tertiary/aromatic N) is 4. The molecule has 1 heterocycles. The van der Waals surface area contributed by atoms with Crippen LogP contribution >= 0.6 is 0 Å². The van der Waals surface area contributed by atoms with Crippen molar-refractivity contribution < 1.29 is 8.95 Å². The second-order valence-corrected chi connectivity index (χ2v) is 6.26. The minimum absolute atomic E-state index is 0.0516. The summed E-state index contributed by atoms with van der Waals surface area (Å²) in [6.45, 7) is 2.35. The number of benzene rings is 1. The van der Waals surface area contributed by atoms with E-state index in [2.05, 4.69) is 15.5 Å². The Kier molecular flexibility index (Phi) is 4.33. The molecular formula is C12H17N5O2S. The molecule has 0 bridgehead atoms. The van der Waals surface area contributed by atoms with Gasteiger partial charge in [-0.1, -0.05) is 0 Å². The van der Waals surface area contributed by atoms with Crippen molar-refractivity contribution in [1.82, 2.24) is 20.2 Å². The molecule has 20 heavy (non-hydrogen) atoms. The summed E-state index contributed by atoms with van der Waals surface area (Å²) in [5.41, 5.74) is 7.12. The molecule has 0 saturated carbocycles. The van der Waals surface area contributed by atoms with E-state index in [0.717, 1.165) is 0 Å². The van der Waals surface area contributed by atoms with Gasteiger partial charge in [-0.05, 0) is 35.5 Å². The van der Waals surface area contributed by atoms with Crippen LogP contribution in [0, 0.1) is 0 Å². The third-order valence-electron chi connectivity index (χ3n) is 2.99. The summed E-state index contributed by atoms with van der Waals surface area (Å²) >= 11 is 0. The van der Waals surface area contributed by atoms with E-state index in [1.807, 2.05) is 6.92 Å². The smallest absolute Gasteiger partial charge is 0.185 e. The molecule has 8 heteroatoms. The number of tetrazole rings is 1. The number of nitrogens with two attached hydrogens (primary N) is 1. The van der Waals surface area contributed by atoms with Crippen LogP contribution in [0.5, 0.6) is 5.75 Å². The molecule has 0 amide bonds. The summed E-state index contributed by atoms with van der Waals surface area (Å²) in [7, 11) is 0.633. The van der Waals surface area contributed by atoms with Crippen LogP contribution in [0.1, 0.15) is 6.92 Å². The lowest BCUT2D eigenvalue weighted by Crippen LogP contribution is -2.19. The highest BCUT2D eigenvalue weighted by atomic mass is 32.2. The molecule has 1 aromatic carbocycles. The summed E-state index contributed by atoms with van der Waals surface area (Å²) in [6, 6.07) is 5.28. The molecule has 0 aliphatic heterocycles. The molecule has 0 saturated heterocycles. The lowest BCUT2D eigenvalue weighted by atomic mass is 10.1. The van der Waals surface area contributed by atoms with E-state index in [1.54, 1.807) is 36.2 Å². The monoisotopic (exact) mass is 295 g/mol.